The number of ether oxygens (including phenoxy) is 2. The average Bonchev–Trinajstić information content (AvgIpc) is 3.09. The predicted molar refractivity (Wildman–Crippen MR) is 120 cm³/mol. The van der Waals surface area contributed by atoms with Crippen molar-refractivity contribution in [2.45, 2.75) is 12.6 Å². The van der Waals surface area contributed by atoms with E-state index in [1.54, 1.807) is 48.4 Å². The van der Waals surface area contributed by atoms with Gasteiger partial charge in [-0.05, 0) is 41.0 Å². The quantitative estimate of drug-likeness (QED) is 0.583. The molecule has 0 spiro atoms. The van der Waals surface area contributed by atoms with Gasteiger partial charge in [0, 0.05) is 12.1 Å². The number of aliphatic hydroxyl groups is 1. The molecule has 1 N–H and O–H groups in total. The van der Waals surface area contributed by atoms with Crippen molar-refractivity contribution in [1.29, 1.82) is 0 Å². The van der Waals surface area contributed by atoms with Crippen LogP contribution in [0.5, 0.6) is 5.75 Å². The molecule has 0 saturated heterocycles. The van der Waals surface area contributed by atoms with Gasteiger partial charge < -0.3 is 19.5 Å². The maximum absolute atomic E-state index is 13.1. The van der Waals surface area contributed by atoms with Crippen LogP contribution in [0.2, 0.25) is 0 Å². The number of carbonyl (C=O) groups excluding carboxylic acids is 2. The van der Waals surface area contributed by atoms with Crippen LogP contribution in [0.1, 0.15) is 33.1 Å². The number of nitrogens with zero attached hydrogens (tertiary/aromatic N) is 1. The highest BCUT2D eigenvalue weighted by molar-refractivity contribution is 6.05. The number of rotatable bonds is 6. The summed E-state index contributed by atoms with van der Waals surface area (Å²) >= 11 is 0. The van der Waals surface area contributed by atoms with Gasteiger partial charge in [0.05, 0.1) is 25.8 Å². The molecule has 6 heteroatoms. The Hall–Kier alpha value is -4.06. The monoisotopic (exact) mass is 429 g/mol. The van der Waals surface area contributed by atoms with Gasteiger partial charge in [0.15, 0.2) is 5.76 Å². The molecule has 3 aromatic carbocycles. The standard InChI is InChI=1S/C26H23NO5/c1-31-21-14-12-18(13-15-21)22-23(19-8-10-20(11-9-19)26(30)32-2)27(25(29)24(22)28)16-17-6-4-3-5-7-17/h3-15,23,28H,16H2,1-2H3/t23-/m0/s1. The van der Waals surface area contributed by atoms with Gasteiger partial charge in [-0.1, -0.05) is 54.6 Å². The Morgan fingerprint density at radius 3 is 2.19 bits per heavy atom. The second-order valence-corrected chi connectivity index (χ2v) is 7.43. The molecule has 3 aromatic rings. The van der Waals surface area contributed by atoms with Gasteiger partial charge >= 0.3 is 5.97 Å². The second-order valence-electron chi connectivity index (χ2n) is 7.43. The van der Waals surface area contributed by atoms with Gasteiger partial charge in [0.25, 0.3) is 5.91 Å². The first kappa shape index (κ1) is 21.2. The highest BCUT2D eigenvalue weighted by Crippen LogP contribution is 2.44. The van der Waals surface area contributed by atoms with Crippen molar-refractivity contribution in [3.05, 3.63) is 107 Å². The number of hydrogen-bond donors (Lipinski definition) is 1. The van der Waals surface area contributed by atoms with E-state index >= 15 is 0 Å². The Morgan fingerprint density at radius 1 is 0.938 bits per heavy atom. The largest absolute Gasteiger partial charge is 0.503 e. The summed E-state index contributed by atoms with van der Waals surface area (Å²) in [5.74, 6) is -0.484. The van der Waals surface area contributed by atoms with Crippen molar-refractivity contribution in [3.63, 3.8) is 0 Å². The third-order valence-corrected chi connectivity index (χ3v) is 5.55. The van der Waals surface area contributed by atoms with E-state index in [1.807, 2.05) is 42.5 Å². The molecule has 0 bridgehead atoms. The lowest BCUT2D eigenvalue weighted by Gasteiger charge is -2.27. The number of methoxy groups -OCH3 is 2. The van der Waals surface area contributed by atoms with Crippen LogP contribution in [0.15, 0.2) is 84.6 Å². The minimum absolute atomic E-state index is 0.284. The van der Waals surface area contributed by atoms with E-state index in [4.69, 9.17) is 9.47 Å². The summed E-state index contributed by atoms with van der Waals surface area (Å²) in [7, 11) is 2.91. The molecule has 4 rings (SSSR count). The van der Waals surface area contributed by atoms with E-state index in [0.29, 0.717) is 29.0 Å². The molecular weight excluding hydrogens is 406 g/mol. The number of carbonyl (C=O) groups is 2. The molecule has 0 unspecified atom stereocenters. The maximum Gasteiger partial charge on any atom is 0.337 e. The molecule has 6 nitrogen and oxygen atoms in total. The Labute approximate surface area is 186 Å². The molecule has 1 atom stereocenters. The first-order valence-electron chi connectivity index (χ1n) is 10.1. The van der Waals surface area contributed by atoms with Gasteiger partial charge in [-0.2, -0.15) is 0 Å². The smallest absolute Gasteiger partial charge is 0.337 e. The zero-order valence-corrected chi connectivity index (χ0v) is 17.8. The SMILES string of the molecule is COC(=O)c1ccc([C@H]2C(c3ccc(OC)cc3)=C(O)C(=O)N2Cc2ccccc2)cc1. The molecule has 1 amide bonds. The molecule has 0 aliphatic carbocycles. The van der Waals surface area contributed by atoms with Crippen LogP contribution in [-0.2, 0) is 16.1 Å². The Balaban J connectivity index is 1.79. The molecule has 1 aliphatic heterocycles. The average molecular weight is 429 g/mol. The van der Waals surface area contributed by atoms with Crippen LogP contribution < -0.4 is 4.74 Å². The summed E-state index contributed by atoms with van der Waals surface area (Å²) in [6.07, 6.45) is 0. The van der Waals surface area contributed by atoms with E-state index in [0.717, 1.165) is 11.1 Å². The summed E-state index contributed by atoms with van der Waals surface area (Å²) in [6, 6.07) is 23.2. The molecule has 1 aliphatic rings. The van der Waals surface area contributed by atoms with Crippen LogP contribution in [0.25, 0.3) is 5.57 Å². The van der Waals surface area contributed by atoms with Crippen LogP contribution in [-0.4, -0.2) is 36.1 Å². The van der Waals surface area contributed by atoms with E-state index in [2.05, 4.69) is 0 Å². The Bertz CT molecular complexity index is 1150. The number of esters is 1. The summed E-state index contributed by atoms with van der Waals surface area (Å²) in [4.78, 5) is 26.6. The number of benzene rings is 3. The second kappa shape index (κ2) is 8.98. The molecule has 0 radical (unpaired) electrons. The van der Waals surface area contributed by atoms with Crippen molar-refractivity contribution >= 4 is 17.4 Å². The zero-order chi connectivity index (χ0) is 22.7. The van der Waals surface area contributed by atoms with Gasteiger partial charge in [-0.25, -0.2) is 4.79 Å². The fraction of sp³-hybridized carbons (Fsp3) is 0.154. The van der Waals surface area contributed by atoms with Crippen molar-refractivity contribution in [1.82, 2.24) is 4.90 Å². The highest BCUT2D eigenvalue weighted by atomic mass is 16.5. The Morgan fingerprint density at radius 2 is 1.59 bits per heavy atom. The van der Waals surface area contributed by atoms with Gasteiger partial charge in [-0.15, -0.1) is 0 Å². The number of hydrogen-bond acceptors (Lipinski definition) is 5. The lowest BCUT2D eigenvalue weighted by molar-refractivity contribution is -0.130. The summed E-state index contributed by atoms with van der Waals surface area (Å²) in [5, 5.41) is 10.9. The van der Waals surface area contributed by atoms with Gasteiger partial charge in [0.2, 0.25) is 0 Å². The summed E-state index contributed by atoms with van der Waals surface area (Å²) in [5.41, 5.74) is 3.36. The van der Waals surface area contributed by atoms with Crippen LogP contribution in [0, 0.1) is 0 Å². The molecule has 0 fully saturated rings. The molecule has 32 heavy (non-hydrogen) atoms. The lowest BCUT2D eigenvalue weighted by atomic mass is 9.92. The van der Waals surface area contributed by atoms with Crippen molar-refractivity contribution in [2.75, 3.05) is 14.2 Å². The summed E-state index contributed by atoms with van der Waals surface area (Å²) in [6.45, 7) is 0.326. The molecule has 0 saturated carbocycles. The minimum Gasteiger partial charge on any atom is -0.503 e. The third kappa shape index (κ3) is 3.95. The van der Waals surface area contributed by atoms with Gasteiger partial charge in [-0.3, -0.25) is 4.79 Å². The van der Waals surface area contributed by atoms with Crippen LogP contribution in [0.4, 0.5) is 0 Å². The highest BCUT2D eigenvalue weighted by Gasteiger charge is 2.41. The van der Waals surface area contributed by atoms with Crippen LogP contribution in [0.3, 0.4) is 0 Å². The lowest BCUT2D eigenvalue weighted by Crippen LogP contribution is -2.29. The van der Waals surface area contributed by atoms with Crippen molar-refractivity contribution in [2.24, 2.45) is 0 Å². The molecule has 1 heterocycles. The minimum atomic E-state index is -0.525. The van der Waals surface area contributed by atoms with Crippen LogP contribution >= 0.6 is 0 Å². The molecule has 0 aromatic heterocycles. The number of amides is 1. The topological polar surface area (TPSA) is 76.1 Å². The number of aliphatic hydroxyl groups excluding tert-OH is 1. The molecule has 162 valence electrons. The van der Waals surface area contributed by atoms with Gasteiger partial charge in [0.1, 0.15) is 5.75 Å². The first-order chi connectivity index (χ1) is 15.5. The fourth-order valence-corrected chi connectivity index (χ4v) is 3.93. The summed E-state index contributed by atoms with van der Waals surface area (Å²) < 4.78 is 10.0. The Kier molecular flexibility index (Phi) is 5.94. The third-order valence-electron chi connectivity index (χ3n) is 5.55. The van der Waals surface area contributed by atoms with E-state index in [9.17, 15) is 14.7 Å². The van der Waals surface area contributed by atoms with E-state index in [-0.39, 0.29) is 5.76 Å². The first-order valence-corrected chi connectivity index (χ1v) is 10.1. The van der Waals surface area contributed by atoms with E-state index < -0.39 is 17.9 Å². The van der Waals surface area contributed by atoms with Crippen molar-refractivity contribution in [3.8, 4) is 5.75 Å². The normalized spacial score (nSPS) is 15.8. The molecular formula is C26H23NO5. The maximum atomic E-state index is 13.1. The predicted octanol–water partition coefficient (Wildman–Crippen LogP) is 4.53. The van der Waals surface area contributed by atoms with Crippen molar-refractivity contribution < 1.29 is 24.2 Å². The van der Waals surface area contributed by atoms with E-state index in [1.165, 1.54) is 7.11 Å². The zero-order valence-electron chi connectivity index (χ0n) is 17.8. The fourth-order valence-electron chi connectivity index (χ4n) is 3.93.